The number of amides is 1. The van der Waals surface area contributed by atoms with Crippen LogP contribution in [0.15, 0.2) is 54.1 Å². The Morgan fingerprint density at radius 3 is 2.26 bits per heavy atom. The predicted molar refractivity (Wildman–Crippen MR) is 97.2 cm³/mol. The zero-order valence-corrected chi connectivity index (χ0v) is 14.6. The highest BCUT2D eigenvalue weighted by Gasteiger charge is 2.45. The molecule has 1 unspecified atom stereocenters. The van der Waals surface area contributed by atoms with Crippen LogP contribution in [0.25, 0.3) is 5.76 Å². The molecule has 1 aliphatic rings. The first-order chi connectivity index (χ1) is 13.0. The summed E-state index contributed by atoms with van der Waals surface area (Å²) in [5.41, 5.74) is 0.835. The first-order valence-electron chi connectivity index (χ1n) is 8.30. The zero-order chi connectivity index (χ0) is 19.6. The van der Waals surface area contributed by atoms with Crippen molar-refractivity contribution in [2.75, 3.05) is 20.3 Å². The van der Waals surface area contributed by atoms with Crippen molar-refractivity contribution in [1.29, 1.82) is 0 Å². The minimum absolute atomic E-state index is 0.0352. The number of ether oxygens (including phenoxy) is 1. The number of aromatic hydroxyl groups is 1. The van der Waals surface area contributed by atoms with E-state index in [0.717, 1.165) is 0 Å². The van der Waals surface area contributed by atoms with Crippen LogP contribution < -0.4 is 4.74 Å². The van der Waals surface area contributed by atoms with Crippen molar-refractivity contribution in [2.45, 2.75) is 6.04 Å². The Balaban J connectivity index is 2.14. The number of likely N-dealkylation sites (tertiary alicyclic amines) is 1. The van der Waals surface area contributed by atoms with Gasteiger partial charge in [-0.1, -0.05) is 12.1 Å². The number of rotatable bonds is 5. The summed E-state index contributed by atoms with van der Waals surface area (Å²) in [6.07, 6.45) is 0. The SMILES string of the molecule is COc1ccc(/C(O)=C2/C(=O)C(=O)N(CCO)C2c2ccc(O)cc2)cc1. The van der Waals surface area contributed by atoms with Gasteiger partial charge in [-0.15, -0.1) is 0 Å². The van der Waals surface area contributed by atoms with E-state index in [4.69, 9.17) is 4.74 Å². The summed E-state index contributed by atoms with van der Waals surface area (Å²) in [6.45, 7) is -0.389. The van der Waals surface area contributed by atoms with E-state index in [0.29, 0.717) is 16.9 Å². The summed E-state index contributed by atoms with van der Waals surface area (Å²) in [6, 6.07) is 11.6. The van der Waals surface area contributed by atoms with E-state index < -0.39 is 17.7 Å². The van der Waals surface area contributed by atoms with Crippen molar-refractivity contribution < 1.29 is 29.6 Å². The van der Waals surface area contributed by atoms with Gasteiger partial charge < -0.3 is 25.0 Å². The second-order valence-corrected chi connectivity index (χ2v) is 6.04. The lowest BCUT2D eigenvalue weighted by Gasteiger charge is -2.24. The number of β-amino-alcohol motifs (C(OH)–C–C–N with tert-alkyl or cyclic N) is 1. The van der Waals surface area contributed by atoms with E-state index in [-0.39, 0.29) is 30.2 Å². The van der Waals surface area contributed by atoms with Gasteiger partial charge in [-0.2, -0.15) is 0 Å². The number of benzene rings is 2. The van der Waals surface area contributed by atoms with Gasteiger partial charge in [0.1, 0.15) is 17.3 Å². The summed E-state index contributed by atoms with van der Waals surface area (Å²) < 4.78 is 5.08. The van der Waals surface area contributed by atoms with Crippen molar-refractivity contribution in [3.63, 3.8) is 0 Å². The van der Waals surface area contributed by atoms with Gasteiger partial charge in [-0.05, 0) is 42.0 Å². The third-order valence-corrected chi connectivity index (χ3v) is 4.45. The first kappa shape index (κ1) is 18.5. The fourth-order valence-corrected chi connectivity index (χ4v) is 3.13. The molecule has 1 saturated heterocycles. The van der Waals surface area contributed by atoms with Crippen molar-refractivity contribution in [1.82, 2.24) is 4.90 Å². The molecule has 7 heteroatoms. The number of ketones is 1. The first-order valence-corrected chi connectivity index (χ1v) is 8.30. The molecule has 0 bridgehead atoms. The number of carbonyl (C=O) groups is 2. The van der Waals surface area contributed by atoms with E-state index in [9.17, 15) is 24.9 Å². The third-order valence-electron chi connectivity index (χ3n) is 4.45. The molecule has 0 radical (unpaired) electrons. The van der Waals surface area contributed by atoms with Crippen LogP contribution in [-0.2, 0) is 9.59 Å². The lowest BCUT2D eigenvalue weighted by atomic mass is 9.95. The number of phenolic OH excluding ortho intramolecular Hbond substituents is 1. The summed E-state index contributed by atoms with van der Waals surface area (Å²) in [5, 5.41) is 29.6. The van der Waals surface area contributed by atoms with E-state index in [1.807, 2.05) is 0 Å². The molecule has 140 valence electrons. The van der Waals surface area contributed by atoms with Crippen LogP contribution in [0.4, 0.5) is 0 Å². The minimum Gasteiger partial charge on any atom is -0.508 e. The van der Waals surface area contributed by atoms with Crippen LogP contribution in [0.1, 0.15) is 17.2 Å². The molecular formula is C20H19NO6. The minimum atomic E-state index is -0.861. The predicted octanol–water partition coefficient (Wildman–Crippen LogP) is 1.81. The van der Waals surface area contributed by atoms with Crippen LogP contribution in [0, 0.1) is 0 Å². The fourth-order valence-electron chi connectivity index (χ4n) is 3.13. The molecule has 0 saturated carbocycles. The van der Waals surface area contributed by atoms with Gasteiger partial charge >= 0.3 is 0 Å². The molecule has 3 N–H and O–H groups in total. The summed E-state index contributed by atoms with van der Waals surface area (Å²) >= 11 is 0. The topological polar surface area (TPSA) is 107 Å². The Morgan fingerprint density at radius 1 is 1.07 bits per heavy atom. The normalized spacial score (nSPS) is 18.7. The number of Topliss-reactive ketones (excluding diaryl/α,β-unsaturated/α-hetero) is 1. The molecule has 27 heavy (non-hydrogen) atoms. The van der Waals surface area contributed by atoms with Crippen molar-refractivity contribution >= 4 is 17.4 Å². The highest BCUT2D eigenvalue weighted by Crippen LogP contribution is 2.39. The number of aliphatic hydroxyl groups excluding tert-OH is 2. The van der Waals surface area contributed by atoms with Gasteiger partial charge in [0.15, 0.2) is 0 Å². The fraction of sp³-hybridized carbons (Fsp3) is 0.200. The van der Waals surface area contributed by atoms with E-state index >= 15 is 0 Å². The van der Waals surface area contributed by atoms with Gasteiger partial charge in [0, 0.05) is 12.1 Å². The maximum absolute atomic E-state index is 12.6. The van der Waals surface area contributed by atoms with Crippen LogP contribution in [0.5, 0.6) is 11.5 Å². The number of hydrogen-bond donors (Lipinski definition) is 3. The Hall–Kier alpha value is -3.32. The maximum atomic E-state index is 12.6. The lowest BCUT2D eigenvalue weighted by Crippen LogP contribution is -2.32. The molecule has 0 aliphatic carbocycles. The molecule has 2 aromatic carbocycles. The monoisotopic (exact) mass is 369 g/mol. The number of aliphatic hydroxyl groups is 2. The number of carbonyl (C=O) groups excluding carboxylic acids is 2. The average molecular weight is 369 g/mol. The smallest absolute Gasteiger partial charge is 0.295 e. The second-order valence-electron chi connectivity index (χ2n) is 6.04. The molecule has 1 heterocycles. The number of methoxy groups -OCH3 is 1. The van der Waals surface area contributed by atoms with Crippen molar-refractivity contribution in [2.24, 2.45) is 0 Å². The highest BCUT2D eigenvalue weighted by molar-refractivity contribution is 6.46. The van der Waals surface area contributed by atoms with Gasteiger partial charge in [-0.25, -0.2) is 0 Å². The largest absolute Gasteiger partial charge is 0.508 e. The molecule has 1 fully saturated rings. The van der Waals surface area contributed by atoms with Gasteiger partial charge in [-0.3, -0.25) is 9.59 Å². The summed E-state index contributed by atoms with van der Waals surface area (Å²) in [5.74, 6) is -1.31. The Kier molecular flexibility index (Phi) is 5.14. The van der Waals surface area contributed by atoms with Crippen molar-refractivity contribution in [3.05, 3.63) is 65.2 Å². The van der Waals surface area contributed by atoms with Crippen LogP contribution in [0.2, 0.25) is 0 Å². The number of hydrogen-bond acceptors (Lipinski definition) is 6. The molecule has 0 spiro atoms. The molecule has 0 aromatic heterocycles. The molecule has 3 rings (SSSR count). The van der Waals surface area contributed by atoms with Gasteiger partial charge in [0.25, 0.3) is 11.7 Å². The van der Waals surface area contributed by atoms with Crippen LogP contribution in [0.3, 0.4) is 0 Å². The van der Waals surface area contributed by atoms with Gasteiger partial charge in [0.05, 0.1) is 25.3 Å². The Morgan fingerprint density at radius 2 is 1.70 bits per heavy atom. The number of phenols is 1. The average Bonchev–Trinajstić information content (AvgIpc) is 2.93. The van der Waals surface area contributed by atoms with Crippen LogP contribution >= 0.6 is 0 Å². The quantitative estimate of drug-likeness (QED) is 0.422. The molecule has 1 amide bonds. The second kappa shape index (κ2) is 7.51. The summed E-state index contributed by atoms with van der Waals surface area (Å²) in [4.78, 5) is 26.3. The highest BCUT2D eigenvalue weighted by atomic mass is 16.5. The van der Waals surface area contributed by atoms with Crippen LogP contribution in [-0.4, -0.2) is 52.2 Å². The number of nitrogens with zero attached hydrogens (tertiary/aromatic N) is 1. The zero-order valence-electron chi connectivity index (χ0n) is 14.6. The molecule has 1 atom stereocenters. The van der Waals surface area contributed by atoms with E-state index in [1.54, 1.807) is 36.4 Å². The summed E-state index contributed by atoms with van der Waals surface area (Å²) in [7, 11) is 1.51. The Bertz CT molecular complexity index is 886. The molecule has 1 aliphatic heterocycles. The van der Waals surface area contributed by atoms with Gasteiger partial charge in [0.2, 0.25) is 0 Å². The van der Waals surface area contributed by atoms with E-state index in [2.05, 4.69) is 0 Å². The lowest BCUT2D eigenvalue weighted by molar-refractivity contribution is -0.140. The van der Waals surface area contributed by atoms with E-state index in [1.165, 1.54) is 24.1 Å². The maximum Gasteiger partial charge on any atom is 0.295 e. The third kappa shape index (κ3) is 3.37. The standard InChI is InChI=1S/C20H19NO6/c1-27-15-8-4-13(5-9-15)18(24)16-17(12-2-6-14(23)7-3-12)21(10-11-22)20(26)19(16)25/h2-9,17,22-24H,10-11H2,1H3/b18-16-. The molecule has 7 nitrogen and oxygen atoms in total. The molecular weight excluding hydrogens is 350 g/mol. The van der Waals surface area contributed by atoms with Crippen molar-refractivity contribution in [3.8, 4) is 11.5 Å². The Labute approximate surface area is 155 Å². The molecule has 2 aromatic rings.